The molecule has 1 aliphatic carbocycles. The molecule has 3 rings (SSSR count). The smallest absolute Gasteiger partial charge is 0.244 e. The molecule has 1 N–H and O–H groups in total. The molecule has 2 amide bonds. The number of halogens is 2. The number of carbonyl (C=O) groups excluding carboxylic acids is 2. The summed E-state index contributed by atoms with van der Waals surface area (Å²) in [5, 5.41) is 3.95. The lowest BCUT2D eigenvalue weighted by atomic mass is 9.95. The third kappa shape index (κ3) is 7.64. The van der Waals surface area contributed by atoms with Crippen molar-refractivity contribution in [1.82, 2.24) is 10.2 Å². The van der Waals surface area contributed by atoms with Crippen LogP contribution in [0.1, 0.15) is 62.1 Å². The molecule has 7 nitrogen and oxygen atoms in total. The van der Waals surface area contributed by atoms with E-state index in [1.54, 1.807) is 30.3 Å². The van der Waals surface area contributed by atoms with E-state index in [0.29, 0.717) is 27.7 Å². The van der Waals surface area contributed by atoms with Gasteiger partial charge in [0, 0.05) is 22.6 Å². The first kappa shape index (κ1) is 30.3. The molecule has 1 saturated carbocycles. The van der Waals surface area contributed by atoms with Gasteiger partial charge in [-0.1, -0.05) is 67.6 Å². The van der Waals surface area contributed by atoms with Gasteiger partial charge in [-0.3, -0.25) is 13.9 Å². The van der Waals surface area contributed by atoms with E-state index in [2.05, 4.69) is 5.32 Å². The summed E-state index contributed by atoms with van der Waals surface area (Å²) in [6, 6.07) is 9.59. The van der Waals surface area contributed by atoms with Gasteiger partial charge in [0.1, 0.15) is 12.6 Å². The highest BCUT2D eigenvalue weighted by Crippen LogP contribution is 2.27. The van der Waals surface area contributed by atoms with E-state index in [-0.39, 0.29) is 18.5 Å². The largest absolute Gasteiger partial charge is 0.352 e. The maximum Gasteiger partial charge on any atom is 0.244 e. The van der Waals surface area contributed by atoms with Crippen molar-refractivity contribution in [3.8, 4) is 0 Å². The predicted molar refractivity (Wildman–Crippen MR) is 154 cm³/mol. The Balaban J connectivity index is 1.97. The highest BCUT2D eigenvalue weighted by molar-refractivity contribution is 7.92. The summed E-state index contributed by atoms with van der Waals surface area (Å²) in [5.41, 5.74) is 2.72. The fourth-order valence-corrected chi connectivity index (χ4v) is 6.27. The molecule has 0 heterocycles. The van der Waals surface area contributed by atoms with Crippen LogP contribution < -0.4 is 9.62 Å². The summed E-state index contributed by atoms with van der Waals surface area (Å²) < 4.78 is 26.9. The van der Waals surface area contributed by atoms with E-state index < -0.39 is 28.5 Å². The molecule has 208 valence electrons. The Morgan fingerprint density at radius 1 is 1.08 bits per heavy atom. The zero-order valence-corrected chi connectivity index (χ0v) is 24.8. The van der Waals surface area contributed by atoms with Crippen LogP contribution in [0, 0.1) is 13.8 Å². The van der Waals surface area contributed by atoms with Gasteiger partial charge >= 0.3 is 0 Å². The molecule has 2 aromatic carbocycles. The van der Waals surface area contributed by atoms with Crippen LogP contribution in [0.25, 0.3) is 0 Å². The molecule has 0 bridgehead atoms. The number of rotatable bonds is 10. The van der Waals surface area contributed by atoms with Gasteiger partial charge in [-0.15, -0.1) is 0 Å². The number of aryl methyl sites for hydroxylation is 1. The Bertz CT molecular complexity index is 1260. The Hall–Kier alpha value is -2.29. The average Bonchev–Trinajstić information content (AvgIpc) is 2.85. The molecule has 1 aliphatic rings. The second-order valence-corrected chi connectivity index (χ2v) is 12.8. The number of amides is 2. The van der Waals surface area contributed by atoms with Crippen LogP contribution in [-0.4, -0.2) is 50.0 Å². The Morgan fingerprint density at radius 3 is 2.37 bits per heavy atom. The minimum Gasteiger partial charge on any atom is -0.352 e. The van der Waals surface area contributed by atoms with Crippen molar-refractivity contribution in [2.45, 2.75) is 77.9 Å². The Labute approximate surface area is 236 Å². The van der Waals surface area contributed by atoms with Crippen molar-refractivity contribution < 1.29 is 18.0 Å². The second kappa shape index (κ2) is 13.2. The number of sulfonamides is 1. The highest BCUT2D eigenvalue weighted by atomic mass is 35.5. The second-order valence-electron chi connectivity index (χ2n) is 10.0. The van der Waals surface area contributed by atoms with Crippen LogP contribution in [0.4, 0.5) is 5.69 Å². The molecule has 10 heteroatoms. The third-order valence-corrected chi connectivity index (χ3v) is 8.93. The molecular weight excluding hydrogens is 545 g/mol. The minimum absolute atomic E-state index is 0.0375. The number of anilines is 1. The van der Waals surface area contributed by atoms with E-state index in [9.17, 15) is 18.0 Å². The number of carbonyl (C=O) groups is 2. The first-order valence-electron chi connectivity index (χ1n) is 13.0. The molecule has 38 heavy (non-hydrogen) atoms. The first-order valence-corrected chi connectivity index (χ1v) is 15.6. The van der Waals surface area contributed by atoms with Crippen molar-refractivity contribution in [3.63, 3.8) is 0 Å². The number of nitrogens with zero attached hydrogens (tertiary/aromatic N) is 2. The van der Waals surface area contributed by atoms with Gasteiger partial charge in [-0.2, -0.15) is 0 Å². The normalized spacial score (nSPS) is 15.1. The SMILES string of the molecule is CCC(C(=O)NC1CCCCC1)N(Cc1ccc(Cl)cc1Cl)C(=O)CN(c1cccc(C)c1C)S(C)(=O)=O. The topological polar surface area (TPSA) is 86.8 Å². The lowest BCUT2D eigenvalue weighted by Gasteiger charge is -2.34. The molecule has 2 aromatic rings. The summed E-state index contributed by atoms with van der Waals surface area (Å²) in [6.45, 7) is 5.15. The van der Waals surface area contributed by atoms with Crippen molar-refractivity contribution in [3.05, 3.63) is 63.1 Å². The molecule has 1 unspecified atom stereocenters. The molecule has 0 spiro atoms. The average molecular weight is 583 g/mol. The van der Waals surface area contributed by atoms with E-state index in [4.69, 9.17) is 23.2 Å². The zero-order valence-electron chi connectivity index (χ0n) is 22.5. The lowest BCUT2D eigenvalue weighted by molar-refractivity contribution is -0.140. The van der Waals surface area contributed by atoms with Gasteiger partial charge in [0.05, 0.1) is 11.9 Å². The maximum atomic E-state index is 13.9. The van der Waals surface area contributed by atoms with Gasteiger partial charge < -0.3 is 10.2 Å². The van der Waals surface area contributed by atoms with E-state index in [1.165, 1.54) is 4.90 Å². The fourth-order valence-electron chi connectivity index (χ4n) is 4.90. The summed E-state index contributed by atoms with van der Waals surface area (Å²) in [6.07, 6.45) is 6.53. The molecule has 0 aliphatic heterocycles. The van der Waals surface area contributed by atoms with Crippen LogP contribution >= 0.6 is 23.2 Å². The highest BCUT2D eigenvalue weighted by Gasteiger charge is 2.33. The standard InChI is InChI=1S/C28H37Cl2N3O4S/c1-5-25(28(35)31-23-11-7-6-8-12-23)32(17-21-14-15-22(29)16-24(21)30)27(34)18-33(38(4,36)37)26-13-9-10-19(2)20(26)3/h9-10,13-16,23,25H,5-8,11-12,17-18H2,1-4H3,(H,31,35). The fraction of sp³-hybridized carbons (Fsp3) is 0.500. The van der Waals surface area contributed by atoms with Crippen LogP contribution in [0.5, 0.6) is 0 Å². The maximum absolute atomic E-state index is 13.9. The summed E-state index contributed by atoms with van der Waals surface area (Å²) in [5.74, 6) is -0.733. The zero-order chi connectivity index (χ0) is 28.0. The Morgan fingerprint density at radius 2 is 1.76 bits per heavy atom. The first-order chi connectivity index (χ1) is 17.9. The quantitative estimate of drug-likeness (QED) is 0.393. The number of hydrogen-bond donors (Lipinski definition) is 1. The van der Waals surface area contributed by atoms with Crippen molar-refractivity contribution >= 4 is 50.7 Å². The minimum atomic E-state index is -3.81. The van der Waals surface area contributed by atoms with Crippen LogP contribution in [0.2, 0.25) is 10.0 Å². The summed E-state index contributed by atoms with van der Waals surface area (Å²) in [4.78, 5) is 28.8. The summed E-state index contributed by atoms with van der Waals surface area (Å²) in [7, 11) is -3.81. The van der Waals surface area contributed by atoms with E-state index >= 15 is 0 Å². The van der Waals surface area contributed by atoms with Gasteiger partial charge in [0.25, 0.3) is 0 Å². The number of benzene rings is 2. The van der Waals surface area contributed by atoms with E-state index in [0.717, 1.165) is 53.8 Å². The van der Waals surface area contributed by atoms with Gasteiger partial charge in [-0.05, 0) is 68.0 Å². The van der Waals surface area contributed by atoms with Crippen molar-refractivity contribution in [2.24, 2.45) is 0 Å². The van der Waals surface area contributed by atoms with Gasteiger partial charge in [0.15, 0.2) is 0 Å². The molecule has 0 aromatic heterocycles. The molecule has 0 saturated heterocycles. The third-order valence-electron chi connectivity index (χ3n) is 7.22. The molecular formula is C28H37Cl2N3O4S. The molecule has 1 atom stereocenters. The van der Waals surface area contributed by atoms with E-state index in [1.807, 2.05) is 26.8 Å². The number of hydrogen-bond acceptors (Lipinski definition) is 4. The van der Waals surface area contributed by atoms with Crippen LogP contribution in [0.3, 0.4) is 0 Å². The Kier molecular flexibility index (Phi) is 10.5. The number of nitrogens with one attached hydrogen (secondary N) is 1. The van der Waals surface area contributed by atoms with Crippen LogP contribution in [0.15, 0.2) is 36.4 Å². The van der Waals surface area contributed by atoms with Crippen molar-refractivity contribution in [1.29, 1.82) is 0 Å². The monoisotopic (exact) mass is 581 g/mol. The molecule has 0 radical (unpaired) electrons. The molecule has 1 fully saturated rings. The lowest BCUT2D eigenvalue weighted by Crippen LogP contribution is -2.54. The summed E-state index contributed by atoms with van der Waals surface area (Å²) >= 11 is 12.5. The van der Waals surface area contributed by atoms with Crippen LogP contribution in [-0.2, 0) is 26.2 Å². The van der Waals surface area contributed by atoms with Gasteiger partial charge in [-0.25, -0.2) is 8.42 Å². The predicted octanol–water partition coefficient (Wildman–Crippen LogP) is 5.63. The van der Waals surface area contributed by atoms with Gasteiger partial charge in [0.2, 0.25) is 21.8 Å². The van der Waals surface area contributed by atoms with Crippen molar-refractivity contribution in [2.75, 3.05) is 17.1 Å².